The molecule has 1 amide bonds. The van der Waals surface area contributed by atoms with Crippen molar-refractivity contribution in [2.75, 3.05) is 21.3 Å². The van der Waals surface area contributed by atoms with Crippen molar-refractivity contribution in [2.24, 2.45) is 0 Å². The lowest BCUT2D eigenvalue weighted by molar-refractivity contribution is -0.115. The van der Waals surface area contributed by atoms with Gasteiger partial charge in [0.05, 0.1) is 5.75 Å². The number of nitrogens with one attached hydrogen (secondary N) is 2. The first-order valence-corrected chi connectivity index (χ1v) is 11.9. The molecule has 0 bridgehead atoms. The van der Waals surface area contributed by atoms with Crippen molar-refractivity contribution in [1.29, 1.82) is 0 Å². The molecule has 1 fully saturated rings. The number of hydrogen-bond acceptors (Lipinski definition) is 7. The zero-order valence-corrected chi connectivity index (χ0v) is 19.5. The molecule has 0 radical (unpaired) electrons. The van der Waals surface area contributed by atoms with Gasteiger partial charge in [-0.1, -0.05) is 23.7 Å². The number of carbonyl (C=O) groups excluding carboxylic acids is 1. The fraction of sp³-hybridized carbons (Fsp3) is 0.0833. The summed E-state index contributed by atoms with van der Waals surface area (Å²) >= 11 is 7.48. The summed E-state index contributed by atoms with van der Waals surface area (Å²) in [5, 5.41) is 6.26. The van der Waals surface area contributed by atoms with Crippen LogP contribution in [0.25, 0.3) is 0 Å². The van der Waals surface area contributed by atoms with Crippen LogP contribution >= 0.6 is 23.4 Å². The Balaban J connectivity index is 1.53. The van der Waals surface area contributed by atoms with Crippen molar-refractivity contribution in [3.8, 4) is 0 Å². The summed E-state index contributed by atoms with van der Waals surface area (Å²) in [7, 11) is 0. The van der Waals surface area contributed by atoms with Crippen LogP contribution in [0.4, 0.5) is 38.0 Å². The van der Waals surface area contributed by atoms with Gasteiger partial charge >= 0.3 is 0 Å². The first kappa shape index (κ1) is 23.0. The van der Waals surface area contributed by atoms with Crippen molar-refractivity contribution in [2.45, 2.75) is 5.37 Å². The molecule has 7 nitrogen and oxygen atoms in total. The largest absolute Gasteiger partial charge is 0.324 e. The second-order valence-electron chi connectivity index (χ2n) is 7.53. The van der Waals surface area contributed by atoms with Crippen molar-refractivity contribution < 1.29 is 13.6 Å². The number of anilines is 5. The summed E-state index contributed by atoms with van der Waals surface area (Å²) in [5.74, 6) is -0.255. The number of amides is 1. The number of carbonyl (C=O) groups is 1. The van der Waals surface area contributed by atoms with Crippen LogP contribution < -0.4 is 15.5 Å². The van der Waals surface area contributed by atoms with E-state index in [2.05, 4.69) is 25.6 Å². The number of nitrogens with zero attached hydrogens (tertiary/aromatic N) is 4. The van der Waals surface area contributed by atoms with E-state index in [0.717, 1.165) is 5.56 Å². The summed E-state index contributed by atoms with van der Waals surface area (Å²) in [6.45, 7) is 0. The molecule has 1 saturated heterocycles. The third-order valence-corrected chi connectivity index (χ3v) is 6.53. The molecule has 4 aromatic rings. The van der Waals surface area contributed by atoms with Crippen LogP contribution in [-0.2, 0) is 4.79 Å². The van der Waals surface area contributed by atoms with E-state index in [-0.39, 0.29) is 46.5 Å². The molecule has 11 heteroatoms. The lowest BCUT2D eigenvalue weighted by Crippen LogP contribution is -2.30. The standard InChI is InChI=1S/C24H17ClF2N6OS/c25-15-3-1-14(2-4-15)21-33(20(34)13-35-21)24-31-22(28-18-9-5-16(26)6-10-18)30-23(32-24)29-19-11-7-17(27)8-12-19/h1-12,21H,13H2,(H2,28,29,30,31,32). The third-order valence-electron chi connectivity index (χ3n) is 5.06. The number of thioether (sulfide) groups is 1. The fourth-order valence-electron chi connectivity index (χ4n) is 3.42. The second-order valence-corrected chi connectivity index (χ2v) is 9.03. The lowest BCUT2D eigenvalue weighted by atomic mass is 10.2. The number of halogens is 3. The first-order chi connectivity index (χ1) is 16.9. The molecule has 1 atom stereocenters. The van der Waals surface area contributed by atoms with E-state index in [4.69, 9.17) is 11.6 Å². The zero-order valence-electron chi connectivity index (χ0n) is 18.0. The molecule has 1 unspecified atom stereocenters. The highest BCUT2D eigenvalue weighted by Crippen LogP contribution is 2.41. The minimum Gasteiger partial charge on any atom is -0.324 e. The summed E-state index contributed by atoms with van der Waals surface area (Å²) < 4.78 is 26.7. The van der Waals surface area contributed by atoms with Gasteiger partial charge in [-0.3, -0.25) is 9.69 Å². The van der Waals surface area contributed by atoms with Gasteiger partial charge in [0.25, 0.3) is 0 Å². The van der Waals surface area contributed by atoms with E-state index < -0.39 is 0 Å². The van der Waals surface area contributed by atoms with E-state index in [1.54, 1.807) is 36.4 Å². The van der Waals surface area contributed by atoms with Gasteiger partial charge in [-0.25, -0.2) is 8.78 Å². The molecule has 1 aliphatic rings. The van der Waals surface area contributed by atoms with E-state index in [1.807, 2.05) is 12.1 Å². The fourth-order valence-corrected chi connectivity index (χ4v) is 4.70. The quantitative estimate of drug-likeness (QED) is 0.326. The molecule has 5 rings (SSSR count). The Bertz CT molecular complexity index is 1290. The number of rotatable bonds is 6. The normalized spacial score (nSPS) is 15.3. The van der Waals surface area contributed by atoms with E-state index in [9.17, 15) is 13.6 Å². The van der Waals surface area contributed by atoms with E-state index in [1.165, 1.54) is 40.9 Å². The Morgan fingerprint density at radius 2 is 1.31 bits per heavy atom. The Hall–Kier alpha value is -3.76. The highest BCUT2D eigenvalue weighted by Gasteiger charge is 2.36. The van der Waals surface area contributed by atoms with Gasteiger partial charge in [0.15, 0.2) is 0 Å². The molecule has 176 valence electrons. The Kier molecular flexibility index (Phi) is 6.47. The minimum absolute atomic E-state index is 0.129. The van der Waals surface area contributed by atoms with Gasteiger partial charge in [-0.2, -0.15) is 15.0 Å². The Morgan fingerprint density at radius 1 is 0.800 bits per heavy atom. The van der Waals surface area contributed by atoms with Crippen molar-refractivity contribution in [3.63, 3.8) is 0 Å². The molecule has 2 heterocycles. The van der Waals surface area contributed by atoms with Crippen LogP contribution in [0.5, 0.6) is 0 Å². The van der Waals surface area contributed by atoms with Crippen LogP contribution in [0.3, 0.4) is 0 Å². The van der Waals surface area contributed by atoms with Crippen LogP contribution in [-0.4, -0.2) is 26.6 Å². The van der Waals surface area contributed by atoms with Crippen molar-refractivity contribution in [3.05, 3.63) is 95.0 Å². The molecule has 1 aromatic heterocycles. The van der Waals surface area contributed by atoms with Crippen LogP contribution in [0.15, 0.2) is 72.8 Å². The van der Waals surface area contributed by atoms with Gasteiger partial charge < -0.3 is 10.6 Å². The SMILES string of the molecule is O=C1CSC(c2ccc(Cl)cc2)N1c1nc(Nc2ccc(F)cc2)nc(Nc2ccc(F)cc2)n1. The summed E-state index contributed by atoms with van der Waals surface area (Å²) in [4.78, 5) is 27.7. The maximum atomic E-state index is 13.3. The number of benzene rings is 3. The number of hydrogen-bond donors (Lipinski definition) is 2. The Labute approximate surface area is 208 Å². The molecule has 0 spiro atoms. The maximum Gasteiger partial charge on any atom is 0.240 e. The average molecular weight is 511 g/mol. The van der Waals surface area contributed by atoms with Gasteiger partial charge in [0, 0.05) is 16.4 Å². The predicted octanol–water partition coefficient (Wildman–Crippen LogP) is 6.07. The lowest BCUT2D eigenvalue weighted by Gasteiger charge is -2.23. The summed E-state index contributed by atoms with van der Waals surface area (Å²) in [6.07, 6.45) is 0. The molecule has 35 heavy (non-hydrogen) atoms. The van der Waals surface area contributed by atoms with Gasteiger partial charge in [0.1, 0.15) is 17.0 Å². The second kappa shape index (κ2) is 9.85. The number of aromatic nitrogens is 3. The molecule has 0 saturated carbocycles. The van der Waals surface area contributed by atoms with Gasteiger partial charge in [0.2, 0.25) is 23.8 Å². The summed E-state index contributed by atoms with van der Waals surface area (Å²) in [6, 6.07) is 18.6. The van der Waals surface area contributed by atoms with Crippen molar-refractivity contribution in [1.82, 2.24) is 15.0 Å². The van der Waals surface area contributed by atoms with Crippen LogP contribution in [0.2, 0.25) is 5.02 Å². The topological polar surface area (TPSA) is 83.0 Å². The molecule has 1 aliphatic heterocycles. The monoisotopic (exact) mass is 510 g/mol. The first-order valence-electron chi connectivity index (χ1n) is 10.4. The minimum atomic E-state index is -0.379. The molecule has 3 aromatic carbocycles. The molecular formula is C24H17ClF2N6OS. The predicted molar refractivity (Wildman–Crippen MR) is 133 cm³/mol. The molecule has 0 aliphatic carbocycles. The Morgan fingerprint density at radius 3 is 1.83 bits per heavy atom. The molecule has 2 N–H and O–H groups in total. The average Bonchev–Trinajstić information content (AvgIpc) is 3.24. The van der Waals surface area contributed by atoms with Gasteiger partial charge in [-0.05, 0) is 66.2 Å². The zero-order chi connectivity index (χ0) is 24.4. The third kappa shape index (κ3) is 5.33. The van der Waals surface area contributed by atoms with Gasteiger partial charge in [-0.15, -0.1) is 11.8 Å². The highest BCUT2D eigenvalue weighted by atomic mass is 35.5. The summed E-state index contributed by atoms with van der Waals surface area (Å²) in [5.41, 5.74) is 1.96. The van der Waals surface area contributed by atoms with Crippen molar-refractivity contribution >= 4 is 58.5 Å². The molecular weight excluding hydrogens is 494 g/mol. The highest BCUT2D eigenvalue weighted by molar-refractivity contribution is 8.00. The maximum absolute atomic E-state index is 13.3. The van der Waals surface area contributed by atoms with Crippen LogP contribution in [0.1, 0.15) is 10.9 Å². The van der Waals surface area contributed by atoms with E-state index >= 15 is 0 Å². The van der Waals surface area contributed by atoms with E-state index in [0.29, 0.717) is 16.4 Å². The van der Waals surface area contributed by atoms with Crippen LogP contribution in [0, 0.1) is 11.6 Å². The smallest absolute Gasteiger partial charge is 0.240 e.